The molecule has 0 aliphatic carbocycles. The van der Waals surface area contributed by atoms with Crippen molar-refractivity contribution < 1.29 is 4.79 Å². The van der Waals surface area contributed by atoms with Gasteiger partial charge in [-0.2, -0.15) is 0 Å². The highest BCUT2D eigenvalue weighted by Crippen LogP contribution is 2.20. The third-order valence-corrected chi connectivity index (χ3v) is 3.46. The Morgan fingerprint density at radius 3 is 2.72 bits per heavy atom. The first-order valence-corrected chi connectivity index (χ1v) is 6.63. The molecule has 1 heterocycles. The summed E-state index contributed by atoms with van der Waals surface area (Å²) in [6.07, 6.45) is 3.41. The molecule has 0 aliphatic heterocycles. The van der Waals surface area contributed by atoms with Crippen LogP contribution >= 0.6 is 11.8 Å². The van der Waals surface area contributed by atoms with Crippen molar-refractivity contribution >= 4 is 23.4 Å². The van der Waals surface area contributed by atoms with Crippen molar-refractivity contribution in [3.8, 4) is 0 Å². The minimum Gasteiger partial charge on any atom is -0.340 e. The molecule has 0 bridgehead atoms. The van der Waals surface area contributed by atoms with Crippen molar-refractivity contribution in [2.24, 2.45) is 0 Å². The summed E-state index contributed by atoms with van der Waals surface area (Å²) in [6, 6.07) is 5.96. The molecule has 4 nitrogen and oxygen atoms in total. The van der Waals surface area contributed by atoms with Gasteiger partial charge in [0.25, 0.3) is 0 Å². The highest BCUT2D eigenvalue weighted by Gasteiger charge is 2.08. The fraction of sp³-hybridized carbons (Fsp3) is 0.231. The van der Waals surface area contributed by atoms with Gasteiger partial charge in [-0.3, -0.25) is 4.79 Å². The number of benzene rings is 1. The summed E-state index contributed by atoms with van der Waals surface area (Å²) in [5.41, 5.74) is 3.06. The van der Waals surface area contributed by atoms with Crippen molar-refractivity contribution in [1.29, 1.82) is 0 Å². The molecule has 1 aromatic carbocycles. The number of anilines is 1. The van der Waals surface area contributed by atoms with E-state index in [0.29, 0.717) is 5.75 Å². The zero-order valence-electron chi connectivity index (χ0n) is 10.4. The van der Waals surface area contributed by atoms with E-state index in [4.69, 9.17) is 0 Å². The Morgan fingerprint density at radius 2 is 2.11 bits per heavy atom. The number of H-pyrrole nitrogens is 1. The lowest BCUT2D eigenvalue weighted by Gasteiger charge is -2.10. The van der Waals surface area contributed by atoms with Gasteiger partial charge < -0.3 is 10.3 Å². The van der Waals surface area contributed by atoms with Crippen LogP contribution in [0.4, 0.5) is 5.69 Å². The minimum absolute atomic E-state index is 0.0196. The normalized spacial score (nSPS) is 10.3. The SMILES string of the molecule is Cc1cccc(C)c1NC(=O)CSc1ncc[nH]1. The van der Waals surface area contributed by atoms with E-state index in [9.17, 15) is 4.79 Å². The second-order valence-corrected chi connectivity index (χ2v) is 4.96. The quantitative estimate of drug-likeness (QED) is 0.832. The first-order chi connectivity index (χ1) is 8.66. The maximum atomic E-state index is 11.8. The van der Waals surface area contributed by atoms with E-state index in [1.54, 1.807) is 12.4 Å². The fourth-order valence-electron chi connectivity index (χ4n) is 1.65. The molecule has 0 atom stereocenters. The van der Waals surface area contributed by atoms with E-state index in [2.05, 4.69) is 15.3 Å². The summed E-state index contributed by atoms with van der Waals surface area (Å²) in [5, 5.41) is 3.70. The Kier molecular flexibility index (Phi) is 4.04. The maximum absolute atomic E-state index is 11.8. The molecule has 0 saturated carbocycles. The third kappa shape index (κ3) is 3.13. The standard InChI is InChI=1S/C13H15N3OS/c1-9-4-3-5-10(2)12(9)16-11(17)8-18-13-14-6-7-15-13/h3-7H,8H2,1-2H3,(H,14,15)(H,16,17). The Morgan fingerprint density at radius 1 is 1.39 bits per heavy atom. The number of nitrogens with zero attached hydrogens (tertiary/aromatic N) is 1. The number of aromatic amines is 1. The summed E-state index contributed by atoms with van der Waals surface area (Å²) >= 11 is 1.39. The zero-order valence-corrected chi connectivity index (χ0v) is 11.2. The molecule has 0 radical (unpaired) electrons. The summed E-state index contributed by atoms with van der Waals surface area (Å²) in [4.78, 5) is 18.8. The summed E-state index contributed by atoms with van der Waals surface area (Å²) in [5.74, 6) is 0.329. The van der Waals surface area contributed by atoms with Crippen molar-refractivity contribution in [2.45, 2.75) is 19.0 Å². The predicted octanol–water partition coefficient (Wildman–Crippen LogP) is 2.76. The molecule has 2 N–H and O–H groups in total. The average molecular weight is 261 g/mol. The lowest BCUT2D eigenvalue weighted by atomic mass is 10.1. The van der Waals surface area contributed by atoms with Gasteiger partial charge in [-0.25, -0.2) is 4.98 Å². The molecular formula is C13H15N3OS. The van der Waals surface area contributed by atoms with E-state index >= 15 is 0 Å². The second kappa shape index (κ2) is 5.73. The first kappa shape index (κ1) is 12.7. The Balaban J connectivity index is 1.95. The van der Waals surface area contributed by atoms with E-state index in [0.717, 1.165) is 22.0 Å². The number of aryl methyl sites for hydroxylation is 2. The van der Waals surface area contributed by atoms with Crippen LogP contribution in [0.2, 0.25) is 0 Å². The summed E-state index contributed by atoms with van der Waals surface area (Å²) < 4.78 is 0. The number of thioether (sulfide) groups is 1. The van der Waals surface area contributed by atoms with Gasteiger partial charge >= 0.3 is 0 Å². The van der Waals surface area contributed by atoms with Crippen molar-refractivity contribution in [3.05, 3.63) is 41.7 Å². The highest BCUT2D eigenvalue weighted by atomic mass is 32.2. The summed E-state index contributed by atoms with van der Waals surface area (Å²) in [7, 11) is 0. The van der Waals surface area contributed by atoms with E-state index < -0.39 is 0 Å². The van der Waals surface area contributed by atoms with Gasteiger partial charge in [0.05, 0.1) is 5.75 Å². The predicted molar refractivity (Wildman–Crippen MR) is 73.9 cm³/mol. The Hall–Kier alpha value is -1.75. The van der Waals surface area contributed by atoms with Crippen molar-refractivity contribution in [2.75, 3.05) is 11.1 Å². The van der Waals surface area contributed by atoms with Gasteiger partial charge in [0.15, 0.2) is 5.16 Å². The van der Waals surface area contributed by atoms with Crippen LogP contribution in [0.3, 0.4) is 0 Å². The third-order valence-electron chi connectivity index (χ3n) is 2.56. The Labute approximate surface area is 110 Å². The second-order valence-electron chi connectivity index (χ2n) is 4.00. The Bertz CT molecular complexity index is 517. The van der Waals surface area contributed by atoms with Gasteiger partial charge in [0, 0.05) is 18.1 Å². The van der Waals surface area contributed by atoms with Crippen LogP contribution in [0.25, 0.3) is 0 Å². The van der Waals surface area contributed by atoms with Crippen molar-refractivity contribution in [3.63, 3.8) is 0 Å². The molecule has 0 fully saturated rings. The lowest BCUT2D eigenvalue weighted by molar-refractivity contribution is -0.113. The number of amides is 1. The molecule has 1 aromatic heterocycles. The number of carbonyl (C=O) groups is 1. The van der Waals surface area contributed by atoms with Crippen LogP contribution in [0.15, 0.2) is 35.7 Å². The van der Waals surface area contributed by atoms with Crippen LogP contribution in [0.1, 0.15) is 11.1 Å². The molecule has 18 heavy (non-hydrogen) atoms. The molecule has 0 aliphatic rings. The maximum Gasteiger partial charge on any atom is 0.234 e. The molecule has 5 heteroatoms. The van der Waals surface area contributed by atoms with Crippen LogP contribution in [-0.2, 0) is 4.79 Å². The van der Waals surface area contributed by atoms with E-state index in [1.807, 2.05) is 32.0 Å². The number of aromatic nitrogens is 2. The van der Waals surface area contributed by atoms with Gasteiger partial charge in [-0.15, -0.1) is 0 Å². The number of rotatable bonds is 4. The van der Waals surface area contributed by atoms with Crippen LogP contribution in [0, 0.1) is 13.8 Å². The van der Waals surface area contributed by atoms with E-state index in [1.165, 1.54) is 11.8 Å². The summed E-state index contributed by atoms with van der Waals surface area (Å²) in [6.45, 7) is 3.98. The van der Waals surface area contributed by atoms with Gasteiger partial charge in [-0.05, 0) is 25.0 Å². The first-order valence-electron chi connectivity index (χ1n) is 5.65. The van der Waals surface area contributed by atoms with Crippen LogP contribution in [0.5, 0.6) is 0 Å². The number of para-hydroxylation sites is 1. The number of carbonyl (C=O) groups excluding carboxylic acids is 1. The van der Waals surface area contributed by atoms with Crippen molar-refractivity contribution in [1.82, 2.24) is 9.97 Å². The topological polar surface area (TPSA) is 57.8 Å². The molecule has 2 rings (SSSR count). The molecule has 0 spiro atoms. The highest BCUT2D eigenvalue weighted by molar-refractivity contribution is 7.99. The molecule has 0 saturated heterocycles. The fourth-order valence-corrected chi connectivity index (χ4v) is 2.28. The zero-order chi connectivity index (χ0) is 13.0. The monoisotopic (exact) mass is 261 g/mol. The van der Waals surface area contributed by atoms with E-state index in [-0.39, 0.29) is 5.91 Å². The number of nitrogens with one attached hydrogen (secondary N) is 2. The van der Waals surface area contributed by atoms with Gasteiger partial charge in [0.2, 0.25) is 5.91 Å². The lowest BCUT2D eigenvalue weighted by Crippen LogP contribution is -2.15. The minimum atomic E-state index is -0.0196. The number of imidazole rings is 1. The number of hydrogen-bond donors (Lipinski definition) is 2. The van der Waals surface area contributed by atoms with Crippen LogP contribution < -0.4 is 5.32 Å². The molecule has 1 amide bonds. The molecule has 0 unspecified atom stereocenters. The smallest absolute Gasteiger partial charge is 0.234 e. The molecular weight excluding hydrogens is 246 g/mol. The average Bonchev–Trinajstić information content (AvgIpc) is 2.84. The van der Waals surface area contributed by atoms with Gasteiger partial charge in [-0.1, -0.05) is 30.0 Å². The molecule has 2 aromatic rings. The number of hydrogen-bond acceptors (Lipinski definition) is 3. The largest absolute Gasteiger partial charge is 0.340 e. The van der Waals surface area contributed by atoms with Crippen LogP contribution in [-0.4, -0.2) is 21.6 Å². The molecule has 94 valence electrons. The van der Waals surface area contributed by atoms with Gasteiger partial charge in [0.1, 0.15) is 0 Å².